The maximum absolute atomic E-state index is 5.56. The maximum Gasteiger partial charge on any atom is 0.215 e. The zero-order chi connectivity index (χ0) is 12.8. The van der Waals surface area contributed by atoms with Crippen molar-refractivity contribution in [1.29, 1.82) is 0 Å². The molecule has 0 amide bonds. The van der Waals surface area contributed by atoms with Gasteiger partial charge in [0, 0.05) is 6.07 Å². The molecule has 0 aliphatic carbocycles. The number of hydrogen-bond donors (Lipinski definition) is 2. The lowest BCUT2D eigenvalue weighted by molar-refractivity contribution is 0.294. The van der Waals surface area contributed by atoms with Gasteiger partial charge in [0.15, 0.2) is 0 Å². The zero-order valence-electron chi connectivity index (χ0n) is 10.1. The van der Waals surface area contributed by atoms with Crippen molar-refractivity contribution in [2.45, 2.75) is 6.61 Å². The molecule has 0 spiro atoms. The van der Waals surface area contributed by atoms with E-state index in [1.165, 1.54) is 0 Å². The van der Waals surface area contributed by atoms with Crippen LogP contribution in [0.1, 0.15) is 5.56 Å². The van der Waals surface area contributed by atoms with Crippen LogP contribution in [0.4, 0.5) is 5.82 Å². The van der Waals surface area contributed by atoms with Crippen molar-refractivity contribution in [3.63, 3.8) is 0 Å². The minimum Gasteiger partial charge on any atom is -0.497 e. The molecule has 5 nitrogen and oxygen atoms in total. The van der Waals surface area contributed by atoms with E-state index in [0.717, 1.165) is 11.3 Å². The van der Waals surface area contributed by atoms with Crippen molar-refractivity contribution < 1.29 is 9.47 Å². The monoisotopic (exact) mass is 245 g/mol. The summed E-state index contributed by atoms with van der Waals surface area (Å²) < 4.78 is 10.6. The number of rotatable bonds is 5. The number of aromatic nitrogens is 1. The molecule has 3 N–H and O–H groups in total. The SMILES string of the molecule is COc1ccc(COc2cccc(NN)n2)cc1. The molecule has 0 saturated heterocycles. The molecule has 0 fully saturated rings. The fourth-order valence-electron chi connectivity index (χ4n) is 1.45. The number of nitrogens with two attached hydrogens (primary N) is 1. The maximum atomic E-state index is 5.56. The first-order valence-electron chi connectivity index (χ1n) is 5.51. The van der Waals surface area contributed by atoms with E-state index in [1.807, 2.05) is 30.3 Å². The van der Waals surface area contributed by atoms with Crippen molar-refractivity contribution in [3.8, 4) is 11.6 Å². The van der Waals surface area contributed by atoms with Gasteiger partial charge in [-0.05, 0) is 23.8 Å². The summed E-state index contributed by atoms with van der Waals surface area (Å²) in [5.74, 6) is 7.20. The normalized spacial score (nSPS) is 9.89. The molecule has 2 aromatic rings. The first-order valence-corrected chi connectivity index (χ1v) is 5.51. The molecule has 1 aromatic heterocycles. The van der Waals surface area contributed by atoms with E-state index in [-0.39, 0.29) is 0 Å². The van der Waals surface area contributed by atoms with E-state index in [1.54, 1.807) is 19.2 Å². The average molecular weight is 245 g/mol. The summed E-state index contributed by atoms with van der Waals surface area (Å²) in [6, 6.07) is 13.1. The van der Waals surface area contributed by atoms with Crippen LogP contribution in [0.15, 0.2) is 42.5 Å². The standard InChI is InChI=1S/C13H15N3O2/c1-17-11-7-5-10(6-8-11)9-18-13-4-2-3-12(15-13)16-14/h2-8H,9,14H2,1H3,(H,15,16). The summed E-state index contributed by atoms with van der Waals surface area (Å²) in [7, 11) is 1.64. The van der Waals surface area contributed by atoms with Gasteiger partial charge < -0.3 is 14.9 Å². The lowest BCUT2D eigenvalue weighted by Gasteiger charge is -2.07. The highest BCUT2D eigenvalue weighted by atomic mass is 16.5. The second-order valence-corrected chi connectivity index (χ2v) is 3.64. The van der Waals surface area contributed by atoms with E-state index in [9.17, 15) is 0 Å². The molecule has 0 atom stereocenters. The molecule has 0 aliphatic rings. The van der Waals surface area contributed by atoms with Crippen LogP contribution in [0, 0.1) is 0 Å². The fraction of sp³-hybridized carbons (Fsp3) is 0.154. The lowest BCUT2D eigenvalue weighted by Crippen LogP contribution is -2.08. The largest absolute Gasteiger partial charge is 0.497 e. The number of methoxy groups -OCH3 is 1. The Hall–Kier alpha value is -2.27. The molecule has 0 radical (unpaired) electrons. The van der Waals surface area contributed by atoms with Crippen LogP contribution >= 0.6 is 0 Å². The van der Waals surface area contributed by atoms with Crippen molar-refractivity contribution in [2.24, 2.45) is 5.84 Å². The Morgan fingerprint density at radius 2 is 1.94 bits per heavy atom. The predicted octanol–water partition coefficient (Wildman–Crippen LogP) is 1.95. The van der Waals surface area contributed by atoms with Crippen molar-refractivity contribution >= 4 is 5.82 Å². The number of hydrazine groups is 1. The smallest absolute Gasteiger partial charge is 0.215 e. The number of anilines is 1. The Morgan fingerprint density at radius 1 is 1.17 bits per heavy atom. The highest BCUT2D eigenvalue weighted by Gasteiger charge is 1.99. The lowest BCUT2D eigenvalue weighted by atomic mass is 10.2. The predicted molar refractivity (Wildman–Crippen MR) is 69.4 cm³/mol. The van der Waals surface area contributed by atoms with Gasteiger partial charge in [0.2, 0.25) is 5.88 Å². The van der Waals surface area contributed by atoms with E-state index in [2.05, 4.69) is 10.4 Å². The number of nitrogens with zero attached hydrogens (tertiary/aromatic N) is 1. The number of ether oxygens (including phenoxy) is 2. The Morgan fingerprint density at radius 3 is 2.61 bits per heavy atom. The molecule has 0 saturated carbocycles. The number of benzene rings is 1. The molecule has 1 heterocycles. The van der Waals surface area contributed by atoms with Crippen LogP contribution in [0.25, 0.3) is 0 Å². The Labute approximate surface area is 106 Å². The molecule has 2 rings (SSSR count). The van der Waals surface area contributed by atoms with E-state index < -0.39 is 0 Å². The molecule has 0 aliphatic heterocycles. The van der Waals surface area contributed by atoms with Gasteiger partial charge in [-0.15, -0.1) is 0 Å². The zero-order valence-corrected chi connectivity index (χ0v) is 10.1. The van der Waals surface area contributed by atoms with Crippen LogP contribution in [0.5, 0.6) is 11.6 Å². The van der Waals surface area contributed by atoms with E-state index in [0.29, 0.717) is 18.3 Å². The number of nitrogens with one attached hydrogen (secondary N) is 1. The van der Waals surface area contributed by atoms with Crippen LogP contribution in [0.2, 0.25) is 0 Å². The topological polar surface area (TPSA) is 69.4 Å². The van der Waals surface area contributed by atoms with E-state index >= 15 is 0 Å². The molecular weight excluding hydrogens is 230 g/mol. The van der Waals surface area contributed by atoms with Crippen LogP contribution in [-0.4, -0.2) is 12.1 Å². The molecular formula is C13H15N3O2. The van der Waals surface area contributed by atoms with Gasteiger partial charge in [0.25, 0.3) is 0 Å². The van der Waals surface area contributed by atoms with Crippen molar-refractivity contribution in [3.05, 3.63) is 48.0 Å². The quantitative estimate of drug-likeness (QED) is 0.622. The third-order valence-corrected chi connectivity index (χ3v) is 2.42. The van der Waals surface area contributed by atoms with Gasteiger partial charge in [-0.25, -0.2) is 5.84 Å². The second kappa shape index (κ2) is 5.88. The molecule has 1 aromatic carbocycles. The second-order valence-electron chi connectivity index (χ2n) is 3.64. The first-order chi connectivity index (χ1) is 8.81. The summed E-state index contributed by atoms with van der Waals surface area (Å²) in [6.45, 7) is 0.449. The number of nitrogen functional groups attached to an aromatic ring is 1. The minimum atomic E-state index is 0.449. The number of hydrogen-bond acceptors (Lipinski definition) is 5. The third kappa shape index (κ3) is 3.11. The summed E-state index contributed by atoms with van der Waals surface area (Å²) >= 11 is 0. The molecule has 0 bridgehead atoms. The molecule has 0 unspecified atom stereocenters. The van der Waals surface area contributed by atoms with Crippen molar-refractivity contribution in [2.75, 3.05) is 12.5 Å². The van der Waals surface area contributed by atoms with Gasteiger partial charge in [0.05, 0.1) is 7.11 Å². The Bertz CT molecular complexity index is 500. The van der Waals surface area contributed by atoms with Gasteiger partial charge in [-0.3, -0.25) is 0 Å². The van der Waals surface area contributed by atoms with Crippen LogP contribution < -0.4 is 20.7 Å². The van der Waals surface area contributed by atoms with Crippen LogP contribution in [-0.2, 0) is 6.61 Å². The van der Waals surface area contributed by atoms with Gasteiger partial charge in [0.1, 0.15) is 18.2 Å². The highest BCUT2D eigenvalue weighted by molar-refractivity contribution is 5.35. The van der Waals surface area contributed by atoms with Crippen molar-refractivity contribution in [1.82, 2.24) is 4.98 Å². The summed E-state index contributed by atoms with van der Waals surface area (Å²) in [5, 5.41) is 0. The Balaban J connectivity index is 1.97. The van der Waals surface area contributed by atoms with E-state index in [4.69, 9.17) is 15.3 Å². The minimum absolute atomic E-state index is 0.449. The van der Waals surface area contributed by atoms with Gasteiger partial charge in [-0.2, -0.15) is 4.98 Å². The third-order valence-electron chi connectivity index (χ3n) is 2.42. The van der Waals surface area contributed by atoms with Crippen LogP contribution in [0.3, 0.4) is 0 Å². The number of pyridine rings is 1. The molecule has 94 valence electrons. The summed E-state index contributed by atoms with van der Waals surface area (Å²) in [5.41, 5.74) is 3.52. The fourth-order valence-corrected chi connectivity index (χ4v) is 1.45. The average Bonchev–Trinajstić information content (AvgIpc) is 2.46. The van der Waals surface area contributed by atoms with Gasteiger partial charge in [-0.1, -0.05) is 18.2 Å². The van der Waals surface area contributed by atoms with Gasteiger partial charge >= 0.3 is 0 Å². The Kier molecular flexibility index (Phi) is 3.98. The first kappa shape index (κ1) is 12.2. The molecule has 5 heteroatoms. The molecule has 18 heavy (non-hydrogen) atoms. The summed E-state index contributed by atoms with van der Waals surface area (Å²) in [6.07, 6.45) is 0. The summed E-state index contributed by atoms with van der Waals surface area (Å²) in [4.78, 5) is 4.16. The highest BCUT2D eigenvalue weighted by Crippen LogP contribution is 2.15.